The van der Waals surface area contributed by atoms with E-state index < -0.39 is 17.6 Å². The van der Waals surface area contributed by atoms with Gasteiger partial charge in [0.05, 0.1) is 22.6 Å². The van der Waals surface area contributed by atoms with Crippen LogP contribution in [0.5, 0.6) is 5.75 Å². The summed E-state index contributed by atoms with van der Waals surface area (Å²) in [5, 5.41) is 2.62. The summed E-state index contributed by atoms with van der Waals surface area (Å²) < 4.78 is 26.2. The van der Waals surface area contributed by atoms with E-state index >= 15 is 4.39 Å². The number of benzene rings is 2. The maximum Gasteiger partial charge on any atom is 0.407 e. The number of ether oxygens (including phenoxy) is 2. The molecule has 2 fully saturated rings. The average molecular weight is 558 g/mol. The zero-order valence-corrected chi connectivity index (χ0v) is 23.4. The standard InChI is InChI=1S/C28H36FN5O4S/c1-28(26(30)39,24-16-31-27(36)38-24)15-20-6-9-23(22(29)14-20)33-10-12-34(13-11-33)25(35)18-37-21-7-4-19(5-8-21)17-32(2)3/h4-9,14,24H,10-13,15-18H2,1-3H3,(H2,30,39)(H,31,36). The van der Waals surface area contributed by atoms with Crippen molar-refractivity contribution < 1.29 is 23.5 Å². The predicted octanol–water partition coefficient (Wildman–Crippen LogP) is 2.56. The van der Waals surface area contributed by atoms with Crippen molar-refractivity contribution in [3.05, 3.63) is 59.4 Å². The van der Waals surface area contributed by atoms with Crippen LogP contribution < -0.4 is 20.7 Å². The Morgan fingerprint density at radius 3 is 2.41 bits per heavy atom. The zero-order valence-electron chi connectivity index (χ0n) is 22.6. The lowest BCUT2D eigenvalue weighted by Gasteiger charge is -2.36. The maximum absolute atomic E-state index is 15.2. The molecule has 9 nitrogen and oxygen atoms in total. The minimum atomic E-state index is -0.815. The molecule has 0 bridgehead atoms. The van der Waals surface area contributed by atoms with E-state index in [0.29, 0.717) is 56.1 Å². The fraction of sp³-hybridized carbons (Fsp3) is 0.464. The number of alkyl carbamates (subject to hydrolysis) is 1. The predicted molar refractivity (Wildman–Crippen MR) is 151 cm³/mol. The molecule has 4 rings (SSSR count). The third-order valence-corrected chi connectivity index (χ3v) is 7.76. The van der Waals surface area contributed by atoms with Crippen LogP contribution in [0.25, 0.3) is 0 Å². The molecule has 2 aliphatic rings. The van der Waals surface area contributed by atoms with E-state index in [1.165, 1.54) is 11.6 Å². The van der Waals surface area contributed by atoms with E-state index in [1.807, 2.05) is 56.3 Å². The van der Waals surface area contributed by atoms with Crippen molar-refractivity contribution in [2.24, 2.45) is 11.1 Å². The second-order valence-corrected chi connectivity index (χ2v) is 11.0. The lowest BCUT2D eigenvalue weighted by Crippen LogP contribution is -2.50. The highest BCUT2D eigenvalue weighted by Crippen LogP contribution is 2.33. The van der Waals surface area contributed by atoms with Crippen LogP contribution >= 0.6 is 12.2 Å². The van der Waals surface area contributed by atoms with Gasteiger partial charge in [0.25, 0.3) is 5.91 Å². The Kier molecular flexibility index (Phi) is 8.91. The van der Waals surface area contributed by atoms with Crippen LogP contribution in [-0.2, 0) is 22.5 Å². The summed E-state index contributed by atoms with van der Waals surface area (Å²) in [5.41, 5.74) is 7.55. The number of nitrogens with one attached hydrogen (secondary N) is 1. The van der Waals surface area contributed by atoms with Crippen LogP contribution in [0.3, 0.4) is 0 Å². The first-order chi connectivity index (χ1) is 18.5. The number of hydrogen-bond acceptors (Lipinski definition) is 7. The molecule has 2 amide bonds. The van der Waals surface area contributed by atoms with Crippen LogP contribution in [0.1, 0.15) is 18.1 Å². The van der Waals surface area contributed by atoms with E-state index in [-0.39, 0.29) is 23.3 Å². The normalized spacial score (nSPS) is 18.9. The highest BCUT2D eigenvalue weighted by molar-refractivity contribution is 7.80. The minimum Gasteiger partial charge on any atom is -0.484 e. The van der Waals surface area contributed by atoms with E-state index in [4.69, 9.17) is 27.4 Å². The number of hydrogen-bond donors (Lipinski definition) is 2. The third-order valence-electron chi connectivity index (χ3n) is 7.30. The molecule has 2 unspecified atom stereocenters. The highest BCUT2D eigenvalue weighted by Gasteiger charge is 2.43. The molecule has 3 N–H and O–H groups in total. The van der Waals surface area contributed by atoms with Gasteiger partial charge in [0.15, 0.2) is 6.61 Å². The van der Waals surface area contributed by atoms with Crippen LogP contribution in [0.2, 0.25) is 0 Å². The summed E-state index contributed by atoms with van der Waals surface area (Å²) in [4.78, 5) is 30.2. The molecule has 0 aliphatic carbocycles. The molecular weight excluding hydrogens is 521 g/mol. The van der Waals surface area contributed by atoms with Gasteiger partial charge in [-0.15, -0.1) is 0 Å². The number of halogens is 1. The number of carbonyl (C=O) groups is 2. The van der Waals surface area contributed by atoms with E-state index in [1.54, 1.807) is 11.0 Å². The summed E-state index contributed by atoms with van der Waals surface area (Å²) >= 11 is 5.28. The Morgan fingerprint density at radius 1 is 1.18 bits per heavy atom. The van der Waals surface area contributed by atoms with Gasteiger partial charge in [0, 0.05) is 32.7 Å². The van der Waals surface area contributed by atoms with Gasteiger partial charge >= 0.3 is 6.09 Å². The van der Waals surface area contributed by atoms with Crippen molar-refractivity contribution in [3.63, 3.8) is 0 Å². The van der Waals surface area contributed by atoms with Crippen molar-refractivity contribution in [1.29, 1.82) is 0 Å². The molecule has 2 atom stereocenters. The van der Waals surface area contributed by atoms with Gasteiger partial charge in [0.1, 0.15) is 17.7 Å². The van der Waals surface area contributed by atoms with Crippen LogP contribution in [0.15, 0.2) is 42.5 Å². The second kappa shape index (κ2) is 12.2. The Labute approximate surface area is 234 Å². The fourth-order valence-electron chi connectivity index (χ4n) is 4.93. The number of carbonyl (C=O) groups excluding carboxylic acids is 2. The summed E-state index contributed by atoms with van der Waals surface area (Å²) in [6, 6.07) is 12.8. The highest BCUT2D eigenvalue weighted by atomic mass is 32.1. The zero-order chi connectivity index (χ0) is 28.2. The van der Waals surface area contributed by atoms with Gasteiger partial charge < -0.3 is 35.2 Å². The smallest absolute Gasteiger partial charge is 0.407 e. The molecule has 0 spiro atoms. The first-order valence-corrected chi connectivity index (χ1v) is 13.4. The van der Waals surface area contributed by atoms with Crippen molar-refractivity contribution in [2.75, 3.05) is 58.3 Å². The molecule has 0 radical (unpaired) electrons. The van der Waals surface area contributed by atoms with Gasteiger partial charge in [-0.3, -0.25) is 4.79 Å². The van der Waals surface area contributed by atoms with E-state index in [9.17, 15) is 9.59 Å². The van der Waals surface area contributed by atoms with Crippen LogP contribution in [0, 0.1) is 11.2 Å². The summed E-state index contributed by atoms with van der Waals surface area (Å²) in [6.07, 6.45) is -0.704. The molecule has 0 saturated carbocycles. The first kappa shape index (κ1) is 28.6. The van der Waals surface area contributed by atoms with Gasteiger partial charge in [-0.2, -0.15) is 0 Å². The number of rotatable bonds is 10. The van der Waals surface area contributed by atoms with E-state index in [2.05, 4.69) is 10.2 Å². The van der Waals surface area contributed by atoms with Crippen molar-refractivity contribution in [1.82, 2.24) is 15.1 Å². The van der Waals surface area contributed by atoms with Gasteiger partial charge in [-0.05, 0) is 62.8 Å². The Bertz CT molecular complexity index is 1200. The lowest BCUT2D eigenvalue weighted by atomic mass is 9.78. The number of nitrogens with zero attached hydrogens (tertiary/aromatic N) is 3. The number of piperazine rings is 1. The number of amides is 2. The lowest BCUT2D eigenvalue weighted by molar-refractivity contribution is -0.133. The van der Waals surface area contributed by atoms with Gasteiger partial charge in [-0.25, -0.2) is 9.18 Å². The molecule has 210 valence electrons. The van der Waals surface area contributed by atoms with Crippen molar-refractivity contribution in [2.45, 2.75) is 26.0 Å². The largest absolute Gasteiger partial charge is 0.484 e. The quantitative estimate of drug-likeness (QED) is 0.430. The summed E-state index contributed by atoms with van der Waals surface area (Å²) in [5.74, 6) is 0.197. The average Bonchev–Trinajstić information content (AvgIpc) is 3.35. The molecule has 2 aromatic carbocycles. The van der Waals surface area contributed by atoms with Crippen molar-refractivity contribution in [3.8, 4) is 5.75 Å². The molecule has 2 aromatic rings. The summed E-state index contributed by atoms with van der Waals surface area (Å²) in [6.45, 7) is 4.89. The van der Waals surface area contributed by atoms with Gasteiger partial charge in [0.2, 0.25) is 0 Å². The van der Waals surface area contributed by atoms with Crippen LogP contribution in [-0.4, -0.2) is 86.3 Å². The Balaban J connectivity index is 1.30. The summed E-state index contributed by atoms with van der Waals surface area (Å²) in [7, 11) is 4.02. The van der Waals surface area contributed by atoms with Gasteiger partial charge in [-0.1, -0.05) is 30.4 Å². The Morgan fingerprint density at radius 2 is 1.85 bits per heavy atom. The first-order valence-electron chi connectivity index (χ1n) is 13.0. The second-order valence-electron chi connectivity index (χ2n) is 10.6. The van der Waals surface area contributed by atoms with E-state index in [0.717, 1.165) is 6.54 Å². The third kappa shape index (κ3) is 6.96. The molecule has 2 aliphatic heterocycles. The molecular formula is C28H36FN5O4S. The molecule has 11 heteroatoms. The fourth-order valence-corrected chi connectivity index (χ4v) is 5.14. The molecule has 2 heterocycles. The van der Waals surface area contributed by atoms with Crippen molar-refractivity contribution >= 4 is 34.9 Å². The topological polar surface area (TPSA) is 100 Å². The maximum atomic E-state index is 15.2. The molecule has 0 aromatic heterocycles. The number of nitrogens with two attached hydrogens (primary N) is 1. The molecule has 39 heavy (non-hydrogen) atoms. The SMILES string of the molecule is CN(C)Cc1ccc(OCC(=O)N2CCN(c3ccc(CC(C)(C(N)=S)C4CNC(=O)O4)cc3F)CC2)cc1. The minimum absolute atomic E-state index is 0.0380. The monoisotopic (exact) mass is 557 g/mol. The molecule has 2 saturated heterocycles. The number of thiocarbonyl (C=S) groups is 1. The number of anilines is 1. The Hall–Kier alpha value is -3.44. The number of cyclic esters (lactones) is 1. The van der Waals surface area contributed by atoms with Crippen LogP contribution in [0.4, 0.5) is 14.9 Å².